The Morgan fingerprint density at radius 3 is 2.79 bits per heavy atom. The zero-order valence-corrected chi connectivity index (χ0v) is 12.2. The third-order valence-corrected chi connectivity index (χ3v) is 3.62. The Labute approximate surface area is 114 Å². The van der Waals surface area contributed by atoms with Crippen LogP contribution in [0.2, 0.25) is 0 Å². The van der Waals surface area contributed by atoms with Gasteiger partial charge in [-0.2, -0.15) is 5.10 Å². The van der Waals surface area contributed by atoms with E-state index in [4.69, 9.17) is 0 Å². The summed E-state index contributed by atoms with van der Waals surface area (Å²) in [5.74, 6) is 1.22. The van der Waals surface area contributed by atoms with Crippen LogP contribution < -0.4 is 10.6 Å². The lowest BCUT2D eigenvalue weighted by molar-refractivity contribution is -0.119. The van der Waals surface area contributed by atoms with E-state index in [1.807, 2.05) is 6.07 Å². The number of nitrogens with zero attached hydrogens (tertiary/aromatic N) is 1. The Bertz CT molecular complexity index is 447. The number of hydrogen-bond donors (Lipinski definition) is 3. The second kappa shape index (κ2) is 5.33. The lowest BCUT2D eigenvalue weighted by Crippen LogP contribution is -2.45. The van der Waals surface area contributed by atoms with Gasteiger partial charge in [-0.15, -0.1) is 0 Å². The average Bonchev–Trinajstić information content (AvgIpc) is 2.77. The number of hydrogen-bond acceptors (Lipinski definition) is 3. The van der Waals surface area contributed by atoms with Crippen LogP contribution in [0.4, 0.5) is 5.82 Å². The number of carbonyl (C=O) groups is 1. The first kappa shape index (κ1) is 14.1. The molecule has 0 aromatic carbocycles. The van der Waals surface area contributed by atoms with Crippen LogP contribution in [-0.2, 0) is 10.2 Å². The van der Waals surface area contributed by atoms with Crippen molar-refractivity contribution in [2.24, 2.45) is 5.92 Å². The molecule has 19 heavy (non-hydrogen) atoms. The summed E-state index contributed by atoms with van der Waals surface area (Å²) in [4.78, 5) is 12.1. The standard InChI is InChI=1S/C14H24N4O/c1-9-5-6-15-10(7-9)13(19)16-12-8-11(17-18-12)14(2,3)4/h8-10,15H,5-7H2,1-4H3,(H2,16,17,18,19). The van der Waals surface area contributed by atoms with Crippen LogP contribution >= 0.6 is 0 Å². The Morgan fingerprint density at radius 1 is 1.47 bits per heavy atom. The lowest BCUT2D eigenvalue weighted by atomic mass is 9.92. The Balaban J connectivity index is 1.97. The van der Waals surface area contributed by atoms with Crippen molar-refractivity contribution in [3.63, 3.8) is 0 Å². The maximum atomic E-state index is 12.1. The first-order chi connectivity index (χ1) is 8.86. The van der Waals surface area contributed by atoms with Crippen LogP contribution in [0.5, 0.6) is 0 Å². The van der Waals surface area contributed by atoms with Gasteiger partial charge in [0.2, 0.25) is 5.91 Å². The van der Waals surface area contributed by atoms with Crippen molar-refractivity contribution in [1.29, 1.82) is 0 Å². The van der Waals surface area contributed by atoms with Crippen molar-refractivity contribution in [3.05, 3.63) is 11.8 Å². The molecule has 3 N–H and O–H groups in total. The molecular weight excluding hydrogens is 240 g/mol. The van der Waals surface area contributed by atoms with E-state index in [2.05, 4.69) is 48.5 Å². The molecule has 0 radical (unpaired) electrons. The molecule has 1 amide bonds. The molecule has 2 atom stereocenters. The van der Waals surface area contributed by atoms with Gasteiger partial charge in [-0.3, -0.25) is 9.89 Å². The fraction of sp³-hybridized carbons (Fsp3) is 0.714. The van der Waals surface area contributed by atoms with E-state index in [1.54, 1.807) is 0 Å². The first-order valence-electron chi connectivity index (χ1n) is 6.96. The second-order valence-electron chi connectivity index (χ2n) is 6.54. The highest BCUT2D eigenvalue weighted by atomic mass is 16.2. The summed E-state index contributed by atoms with van der Waals surface area (Å²) in [5.41, 5.74) is 1.03. The highest BCUT2D eigenvalue weighted by Gasteiger charge is 2.25. The number of aromatic nitrogens is 2. The number of nitrogens with one attached hydrogen (secondary N) is 3. The van der Waals surface area contributed by atoms with E-state index in [0.29, 0.717) is 11.7 Å². The highest BCUT2D eigenvalue weighted by molar-refractivity contribution is 5.94. The summed E-state index contributed by atoms with van der Waals surface area (Å²) >= 11 is 0. The van der Waals surface area contributed by atoms with E-state index in [0.717, 1.165) is 25.1 Å². The van der Waals surface area contributed by atoms with E-state index >= 15 is 0 Å². The molecule has 5 heteroatoms. The Morgan fingerprint density at radius 2 is 2.21 bits per heavy atom. The minimum absolute atomic E-state index is 0.00752. The molecule has 0 saturated carbocycles. The van der Waals surface area contributed by atoms with Crippen LogP contribution in [0.15, 0.2) is 6.07 Å². The van der Waals surface area contributed by atoms with Gasteiger partial charge in [0.25, 0.3) is 0 Å². The summed E-state index contributed by atoms with van der Waals surface area (Å²) in [5, 5.41) is 13.3. The number of anilines is 1. The maximum Gasteiger partial charge on any atom is 0.242 e. The minimum Gasteiger partial charge on any atom is -0.308 e. The number of H-pyrrole nitrogens is 1. The topological polar surface area (TPSA) is 69.8 Å². The molecule has 1 aromatic rings. The van der Waals surface area contributed by atoms with Gasteiger partial charge in [0.1, 0.15) is 0 Å². The molecule has 5 nitrogen and oxygen atoms in total. The molecule has 2 rings (SSSR count). The molecule has 2 heterocycles. The Hall–Kier alpha value is -1.36. The molecule has 2 unspecified atom stereocenters. The molecule has 106 valence electrons. The van der Waals surface area contributed by atoms with Gasteiger partial charge in [0.05, 0.1) is 6.04 Å². The van der Waals surface area contributed by atoms with Crippen LogP contribution in [0.1, 0.15) is 46.2 Å². The van der Waals surface area contributed by atoms with Crippen molar-refractivity contribution >= 4 is 11.7 Å². The fourth-order valence-electron chi connectivity index (χ4n) is 2.29. The van der Waals surface area contributed by atoms with Gasteiger partial charge < -0.3 is 10.6 Å². The molecule has 1 saturated heterocycles. The van der Waals surface area contributed by atoms with Gasteiger partial charge in [-0.25, -0.2) is 0 Å². The predicted octanol–water partition coefficient (Wildman–Crippen LogP) is 2.03. The summed E-state index contributed by atoms with van der Waals surface area (Å²) in [7, 11) is 0. The van der Waals surface area contributed by atoms with Crippen LogP contribution in [-0.4, -0.2) is 28.7 Å². The zero-order chi connectivity index (χ0) is 14.0. The number of aromatic amines is 1. The molecule has 1 aliphatic rings. The van der Waals surface area contributed by atoms with Gasteiger partial charge in [0.15, 0.2) is 5.82 Å². The normalized spacial score (nSPS) is 24.2. The van der Waals surface area contributed by atoms with Crippen LogP contribution in [0.3, 0.4) is 0 Å². The molecule has 0 bridgehead atoms. The third-order valence-electron chi connectivity index (χ3n) is 3.62. The number of piperidine rings is 1. The third kappa shape index (κ3) is 3.56. The van der Waals surface area contributed by atoms with Gasteiger partial charge in [-0.1, -0.05) is 27.7 Å². The molecule has 1 aromatic heterocycles. The second-order valence-corrected chi connectivity index (χ2v) is 6.54. The smallest absolute Gasteiger partial charge is 0.242 e. The first-order valence-corrected chi connectivity index (χ1v) is 6.96. The van der Waals surface area contributed by atoms with Gasteiger partial charge >= 0.3 is 0 Å². The summed E-state index contributed by atoms with van der Waals surface area (Å²) < 4.78 is 0. The number of carbonyl (C=O) groups excluding carboxylic acids is 1. The van der Waals surface area contributed by atoms with Crippen molar-refractivity contribution < 1.29 is 4.79 Å². The molecular formula is C14H24N4O. The summed E-state index contributed by atoms with van der Waals surface area (Å²) in [6.45, 7) is 9.42. The van der Waals surface area contributed by atoms with E-state index in [9.17, 15) is 4.79 Å². The number of amides is 1. The number of rotatable bonds is 2. The lowest BCUT2D eigenvalue weighted by Gasteiger charge is -2.26. The Kier molecular flexibility index (Phi) is 3.94. The van der Waals surface area contributed by atoms with Crippen LogP contribution in [0, 0.1) is 5.92 Å². The van der Waals surface area contributed by atoms with Gasteiger partial charge in [-0.05, 0) is 25.3 Å². The van der Waals surface area contributed by atoms with E-state index in [1.165, 1.54) is 0 Å². The van der Waals surface area contributed by atoms with E-state index in [-0.39, 0.29) is 17.4 Å². The largest absolute Gasteiger partial charge is 0.308 e. The summed E-state index contributed by atoms with van der Waals surface area (Å²) in [6.07, 6.45) is 2.03. The quantitative estimate of drug-likeness (QED) is 0.765. The highest BCUT2D eigenvalue weighted by Crippen LogP contribution is 2.22. The van der Waals surface area contributed by atoms with Crippen molar-refractivity contribution in [2.45, 2.75) is 52.0 Å². The molecule has 1 aliphatic heterocycles. The molecule has 0 spiro atoms. The SMILES string of the molecule is CC1CCNC(C(=O)Nc2cc(C(C)(C)C)[nH]n2)C1. The average molecular weight is 264 g/mol. The van der Waals surface area contributed by atoms with Crippen LogP contribution in [0.25, 0.3) is 0 Å². The van der Waals surface area contributed by atoms with Crippen molar-refractivity contribution in [3.8, 4) is 0 Å². The summed E-state index contributed by atoms with van der Waals surface area (Å²) in [6, 6.07) is 1.81. The molecule has 0 aliphatic carbocycles. The minimum atomic E-state index is -0.0986. The maximum absolute atomic E-state index is 12.1. The zero-order valence-electron chi connectivity index (χ0n) is 12.2. The van der Waals surface area contributed by atoms with E-state index < -0.39 is 0 Å². The van der Waals surface area contributed by atoms with Gasteiger partial charge in [0, 0.05) is 17.2 Å². The van der Waals surface area contributed by atoms with Crippen molar-refractivity contribution in [2.75, 3.05) is 11.9 Å². The fourth-order valence-corrected chi connectivity index (χ4v) is 2.29. The molecule has 1 fully saturated rings. The monoisotopic (exact) mass is 264 g/mol. The van der Waals surface area contributed by atoms with Crippen molar-refractivity contribution in [1.82, 2.24) is 15.5 Å². The predicted molar refractivity (Wildman–Crippen MR) is 76.1 cm³/mol.